The second-order valence-corrected chi connectivity index (χ2v) is 7.28. The van der Waals surface area contributed by atoms with E-state index in [0.717, 1.165) is 27.1 Å². The SMILES string of the molecule is CCSCc1nc(C(C)(C)C)c(CC(=O)O)s1. The smallest absolute Gasteiger partial charge is 0.308 e. The van der Waals surface area contributed by atoms with Crippen molar-refractivity contribution in [2.75, 3.05) is 5.75 Å². The minimum absolute atomic E-state index is 0.0844. The van der Waals surface area contributed by atoms with Crippen molar-refractivity contribution in [2.24, 2.45) is 0 Å². The van der Waals surface area contributed by atoms with E-state index in [1.165, 1.54) is 0 Å². The van der Waals surface area contributed by atoms with E-state index in [2.05, 4.69) is 32.7 Å². The van der Waals surface area contributed by atoms with Crippen molar-refractivity contribution in [1.82, 2.24) is 4.98 Å². The van der Waals surface area contributed by atoms with Gasteiger partial charge in [0.15, 0.2) is 0 Å². The summed E-state index contributed by atoms with van der Waals surface area (Å²) in [5.74, 6) is 1.15. The van der Waals surface area contributed by atoms with Crippen LogP contribution in [-0.2, 0) is 22.4 Å². The number of carboxylic acids is 1. The molecule has 17 heavy (non-hydrogen) atoms. The molecule has 0 aliphatic rings. The van der Waals surface area contributed by atoms with Crippen LogP contribution in [0.15, 0.2) is 0 Å². The summed E-state index contributed by atoms with van der Waals surface area (Å²) in [6, 6.07) is 0. The van der Waals surface area contributed by atoms with Gasteiger partial charge in [-0.05, 0) is 5.75 Å². The first-order valence-electron chi connectivity index (χ1n) is 5.63. The minimum Gasteiger partial charge on any atom is -0.481 e. The number of carboxylic acid groups (broad SMARTS) is 1. The van der Waals surface area contributed by atoms with Crippen molar-refractivity contribution in [2.45, 2.75) is 45.3 Å². The molecule has 0 bridgehead atoms. The van der Waals surface area contributed by atoms with Crippen LogP contribution in [0.5, 0.6) is 0 Å². The third kappa shape index (κ3) is 4.32. The molecule has 1 N–H and O–H groups in total. The van der Waals surface area contributed by atoms with Gasteiger partial charge < -0.3 is 5.11 Å². The Morgan fingerprint density at radius 1 is 1.47 bits per heavy atom. The number of rotatable bonds is 5. The van der Waals surface area contributed by atoms with Gasteiger partial charge in [-0.25, -0.2) is 4.98 Å². The first-order valence-corrected chi connectivity index (χ1v) is 7.60. The zero-order chi connectivity index (χ0) is 13.1. The van der Waals surface area contributed by atoms with Crippen LogP contribution < -0.4 is 0 Å². The van der Waals surface area contributed by atoms with Crippen molar-refractivity contribution in [1.29, 1.82) is 0 Å². The fourth-order valence-corrected chi connectivity index (χ4v) is 3.49. The molecule has 96 valence electrons. The van der Waals surface area contributed by atoms with E-state index in [1.807, 2.05) is 11.8 Å². The van der Waals surface area contributed by atoms with Crippen LogP contribution >= 0.6 is 23.1 Å². The topological polar surface area (TPSA) is 50.2 Å². The maximum absolute atomic E-state index is 10.8. The van der Waals surface area contributed by atoms with Crippen molar-refractivity contribution < 1.29 is 9.90 Å². The highest BCUT2D eigenvalue weighted by Gasteiger charge is 2.24. The summed E-state index contributed by atoms with van der Waals surface area (Å²) in [7, 11) is 0. The van der Waals surface area contributed by atoms with Crippen LogP contribution in [-0.4, -0.2) is 21.8 Å². The Morgan fingerprint density at radius 3 is 2.59 bits per heavy atom. The Bertz CT molecular complexity index is 394. The van der Waals surface area contributed by atoms with Gasteiger partial charge in [0.05, 0.1) is 12.1 Å². The van der Waals surface area contributed by atoms with Gasteiger partial charge in [0.1, 0.15) is 5.01 Å². The summed E-state index contributed by atoms with van der Waals surface area (Å²) in [5, 5.41) is 9.96. The molecule has 1 aromatic rings. The molecule has 5 heteroatoms. The van der Waals surface area contributed by atoms with Gasteiger partial charge in [0.25, 0.3) is 0 Å². The normalized spacial score (nSPS) is 11.8. The van der Waals surface area contributed by atoms with Crippen molar-refractivity contribution >= 4 is 29.1 Å². The molecule has 1 heterocycles. The number of thioether (sulfide) groups is 1. The molecule has 1 rings (SSSR count). The summed E-state index contributed by atoms with van der Waals surface area (Å²) in [6.07, 6.45) is 0.0844. The van der Waals surface area contributed by atoms with E-state index in [4.69, 9.17) is 5.11 Å². The zero-order valence-corrected chi connectivity index (χ0v) is 12.4. The largest absolute Gasteiger partial charge is 0.481 e. The highest BCUT2D eigenvalue weighted by Crippen LogP contribution is 2.31. The lowest BCUT2D eigenvalue weighted by Crippen LogP contribution is -2.15. The second-order valence-electron chi connectivity index (χ2n) is 4.84. The third-order valence-electron chi connectivity index (χ3n) is 2.19. The van der Waals surface area contributed by atoms with Gasteiger partial charge >= 0.3 is 5.97 Å². The van der Waals surface area contributed by atoms with E-state index in [9.17, 15) is 4.79 Å². The van der Waals surface area contributed by atoms with E-state index >= 15 is 0 Å². The molecule has 3 nitrogen and oxygen atoms in total. The van der Waals surface area contributed by atoms with Gasteiger partial charge in [-0.1, -0.05) is 27.7 Å². The van der Waals surface area contributed by atoms with E-state index in [-0.39, 0.29) is 11.8 Å². The van der Waals surface area contributed by atoms with Crippen molar-refractivity contribution in [3.63, 3.8) is 0 Å². The molecule has 0 atom stereocenters. The van der Waals surface area contributed by atoms with Gasteiger partial charge in [-0.3, -0.25) is 4.79 Å². The van der Waals surface area contributed by atoms with E-state index in [0.29, 0.717) is 0 Å². The fourth-order valence-electron chi connectivity index (χ4n) is 1.49. The second kappa shape index (κ2) is 5.87. The summed E-state index contributed by atoms with van der Waals surface area (Å²) < 4.78 is 0. The maximum atomic E-state index is 10.8. The monoisotopic (exact) mass is 273 g/mol. The lowest BCUT2D eigenvalue weighted by molar-refractivity contribution is -0.136. The van der Waals surface area contributed by atoms with Gasteiger partial charge in [-0.15, -0.1) is 11.3 Å². The number of nitrogens with zero attached hydrogens (tertiary/aromatic N) is 1. The van der Waals surface area contributed by atoms with Crippen LogP contribution in [0.1, 0.15) is 43.3 Å². The molecule has 0 saturated heterocycles. The molecule has 0 spiro atoms. The molecule has 0 fully saturated rings. The minimum atomic E-state index is -0.783. The van der Waals surface area contributed by atoms with Gasteiger partial charge in [-0.2, -0.15) is 11.8 Å². The number of hydrogen-bond donors (Lipinski definition) is 1. The molecule has 0 saturated carbocycles. The average Bonchev–Trinajstić information content (AvgIpc) is 2.56. The van der Waals surface area contributed by atoms with Crippen LogP contribution in [0.4, 0.5) is 0 Å². The molecule has 1 aromatic heterocycles. The molecule has 0 unspecified atom stereocenters. The highest BCUT2D eigenvalue weighted by atomic mass is 32.2. The summed E-state index contributed by atoms with van der Waals surface area (Å²) in [5.41, 5.74) is 0.854. The average molecular weight is 273 g/mol. The standard InChI is InChI=1S/C12H19NO2S2/c1-5-16-7-9-13-11(12(2,3)4)8(17-9)6-10(14)15/h5-7H2,1-4H3,(H,14,15). The van der Waals surface area contributed by atoms with Crippen molar-refractivity contribution in [3.8, 4) is 0 Å². The van der Waals surface area contributed by atoms with Crippen molar-refractivity contribution in [3.05, 3.63) is 15.6 Å². The van der Waals surface area contributed by atoms with Gasteiger partial charge in [0, 0.05) is 16.0 Å². The summed E-state index contributed by atoms with van der Waals surface area (Å²) in [4.78, 5) is 16.4. The van der Waals surface area contributed by atoms with E-state index in [1.54, 1.807) is 11.3 Å². The molecule has 0 amide bonds. The molecule has 0 aliphatic carbocycles. The highest BCUT2D eigenvalue weighted by molar-refractivity contribution is 7.98. The third-order valence-corrected chi connectivity index (χ3v) is 4.32. The lowest BCUT2D eigenvalue weighted by atomic mass is 9.91. The molecule has 0 radical (unpaired) electrons. The maximum Gasteiger partial charge on any atom is 0.308 e. The van der Waals surface area contributed by atoms with Gasteiger partial charge in [0.2, 0.25) is 0 Å². The summed E-state index contributed by atoms with van der Waals surface area (Å²) in [6.45, 7) is 8.33. The Labute approximate surface area is 111 Å². The quantitative estimate of drug-likeness (QED) is 0.894. The Kier molecular flexibility index (Phi) is 5.01. The first kappa shape index (κ1) is 14.5. The number of carbonyl (C=O) groups is 1. The number of aliphatic carboxylic acids is 1. The van der Waals surface area contributed by atoms with Crippen LogP contribution in [0.3, 0.4) is 0 Å². The van der Waals surface area contributed by atoms with Crippen LogP contribution in [0.2, 0.25) is 0 Å². The first-order chi connectivity index (χ1) is 7.84. The number of hydrogen-bond acceptors (Lipinski definition) is 4. The fraction of sp³-hybridized carbons (Fsp3) is 0.667. The Morgan fingerprint density at radius 2 is 2.12 bits per heavy atom. The van der Waals surface area contributed by atoms with Crippen LogP contribution in [0, 0.1) is 0 Å². The predicted molar refractivity (Wildman–Crippen MR) is 74.0 cm³/mol. The lowest BCUT2D eigenvalue weighted by Gasteiger charge is -2.16. The summed E-state index contributed by atoms with van der Waals surface area (Å²) >= 11 is 3.36. The number of thiazole rings is 1. The predicted octanol–water partition coefficient (Wildman–Crippen LogP) is 3.32. The van der Waals surface area contributed by atoms with E-state index < -0.39 is 5.97 Å². The Hall–Kier alpha value is -0.550. The molecular formula is C12H19NO2S2. The molecule has 0 aliphatic heterocycles. The Balaban J connectivity index is 2.99. The zero-order valence-electron chi connectivity index (χ0n) is 10.7. The number of aromatic nitrogens is 1. The molecular weight excluding hydrogens is 254 g/mol. The molecule has 0 aromatic carbocycles. The van der Waals surface area contributed by atoms with Crippen LogP contribution in [0.25, 0.3) is 0 Å².